The second-order valence-corrected chi connectivity index (χ2v) is 10.9. The molecular weight excluding hydrogens is 584 g/mol. The van der Waals surface area contributed by atoms with E-state index in [1.54, 1.807) is 54.6 Å². The van der Waals surface area contributed by atoms with E-state index in [1.807, 2.05) is 12.1 Å². The first-order valence-electron chi connectivity index (χ1n) is 15.1. The first-order chi connectivity index (χ1) is 22.1. The summed E-state index contributed by atoms with van der Waals surface area (Å²) >= 11 is 0. The Bertz CT molecular complexity index is 1720. The van der Waals surface area contributed by atoms with Crippen LogP contribution in [-0.4, -0.2) is 45.6 Å². The fraction of sp³-hybridized carbons (Fsp3) is 0.211. The van der Waals surface area contributed by atoms with Gasteiger partial charge in [0.05, 0.1) is 24.4 Å². The molecule has 0 aliphatic rings. The summed E-state index contributed by atoms with van der Waals surface area (Å²) in [5.74, 6) is -0.989. The van der Waals surface area contributed by atoms with Crippen LogP contribution in [0.5, 0.6) is 23.0 Å². The SMILES string of the molecule is C=C(CO)C(=O)Oc1cc(-c2cc(OC(=O)C(=C)CO)c(-c3ccc(O)cc3)cc2CCCCCC)ccc1-c1ccc(O)cc1. The third kappa shape index (κ3) is 8.29. The summed E-state index contributed by atoms with van der Waals surface area (Å²) in [5, 5.41) is 38.7. The van der Waals surface area contributed by atoms with Gasteiger partial charge in [-0.25, -0.2) is 9.59 Å². The number of hydrogen-bond donors (Lipinski definition) is 4. The van der Waals surface area contributed by atoms with Crippen molar-refractivity contribution in [2.24, 2.45) is 0 Å². The molecule has 0 fully saturated rings. The molecular formula is C38H38O8. The fourth-order valence-corrected chi connectivity index (χ4v) is 4.92. The van der Waals surface area contributed by atoms with Crippen molar-refractivity contribution in [2.45, 2.75) is 39.0 Å². The summed E-state index contributed by atoms with van der Waals surface area (Å²) in [7, 11) is 0. The highest BCUT2D eigenvalue weighted by Gasteiger charge is 2.20. The van der Waals surface area contributed by atoms with Crippen LogP contribution in [0.2, 0.25) is 0 Å². The van der Waals surface area contributed by atoms with Crippen molar-refractivity contribution in [1.29, 1.82) is 0 Å². The number of carbonyl (C=O) groups is 2. The minimum Gasteiger partial charge on any atom is -0.508 e. The van der Waals surface area contributed by atoms with E-state index in [9.17, 15) is 30.0 Å². The predicted molar refractivity (Wildman–Crippen MR) is 178 cm³/mol. The van der Waals surface area contributed by atoms with Crippen LogP contribution >= 0.6 is 0 Å². The van der Waals surface area contributed by atoms with Crippen molar-refractivity contribution in [2.75, 3.05) is 13.2 Å². The first kappa shape index (κ1) is 33.7. The van der Waals surface area contributed by atoms with Crippen LogP contribution in [0, 0.1) is 0 Å². The van der Waals surface area contributed by atoms with Crippen molar-refractivity contribution in [3.63, 3.8) is 0 Å². The fourth-order valence-electron chi connectivity index (χ4n) is 4.92. The average molecular weight is 623 g/mol. The zero-order chi connectivity index (χ0) is 33.2. The zero-order valence-electron chi connectivity index (χ0n) is 25.8. The summed E-state index contributed by atoms with van der Waals surface area (Å²) in [6.07, 6.45) is 4.77. The molecule has 0 heterocycles. The second-order valence-electron chi connectivity index (χ2n) is 10.9. The Labute approximate surface area is 268 Å². The Kier molecular flexibility index (Phi) is 11.5. The van der Waals surface area contributed by atoms with Gasteiger partial charge in [-0.15, -0.1) is 0 Å². The third-order valence-electron chi connectivity index (χ3n) is 7.52. The lowest BCUT2D eigenvalue weighted by Crippen LogP contribution is -2.14. The van der Waals surface area contributed by atoms with Crippen molar-refractivity contribution in [3.8, 4) is 56.4 Å². The number of aryl methyl sites for hydroxylation is 1. The van der Waals surface area contributed by atoms with Gasteiger partial charge in [0.1, 0.15) is 23.0 Å². The molecule has 0 saturated heterocycles. The highest BCUT2D eigenvalue weighted by molar-refractivity contribution is 5.93. The third-order valence-corrected chi connectivity index (χ3v) is 7.52. The van der Waals surface area contributed by atoms with E-state index in [2.05, 4.69) is 20.1 Å². The molecule has 0 aliphatic heterocycles. The monoisotopic (exact) mass is 622 g/mol. The minimum absolute atomic E-state index is 0.0833. The molecule has 0 spiro atoms. The van der Waals surface area contributed by atoms with Gasteiger partial charge < -0.3 is 29.9 Å². The molecule has 0 aromatic heterocycles. The molecule has 4 N–H and O–H groups in total. The van der Waals surface area contributed by atoms with Gasteiger partial charge in [0, 0.05) is 11.1 Å². The molecule has 8 heteroatoms. The topological polar surface area (TPSA) is 134 Å². The lowest BCUT2D eigenvalue weighted by Gasteiger charge is -2.19. The molecule has 46 heavy (non-hydrogen) atoms. The Morgan fingerprint density at radius 1 is 0.609 bits per heavy atom. The van der Waals surface area contributed by atoms with Crippen LogP contribution in [0.3, 0.4) is 0 Å². The van der Waals surface area contributed by atoms with E-state index in [0.29, 0.717) is 34.2 Å². The van der Waals surface area contributed by atoms with Gasteiger partial charge in [-0.2, -0.15) is 0 Å². The van der Waals surface area contributed by atoms with E-state index in [4.69, 9.17) is 9.47 Å². The lowest BCUT2D eigenvalue weighted by atomic mass is 9.90. The van der Waals surface area contributed by atoms with Gasteiger partial charge in [0.2, 0.25) is 0 Å². The number of phenolic OH excluding ortho intramolecular Hbond substituents is 2. The smallest absolute Gasteiger partial charge is 0.341 e. The predicted octanol–water partition coefficient (Wildman–Crippen LogP) is 7.13. The molecule has 0 atom stereocenters. The van der Waals surface area contributed by atoms with Crippen LogP contribution in [0.1, 0.15) is 38.2 Å². The number of aliphatic hydroxyl groups excluding tert-OH is 2. The highest BCUT2D eigenvalue weighted by Crippen LogP contribution is 2.41. The largest absolute Gasteiger partial charge is 0.508 e. The summed E-state index contributed by atoms with van der Waals surface area (Å²) in [6.45, 7) is 8.19. The Morgan fingerprint density at radius 3 is 1.63 bits per heavy atom. The normalized spacial score (nSPS) is 10.8. The molecule has 4 aromatic carbocycles. The molecule has 0 amide bonds. The molecule has 8 nitrogen and oxygen atoms in total. The maximum absolute atomic E-state index is 12.8. The van der Waals surface area contributed by atoms with Crippen LogP contribution in [0.4, 0.5) is 0 Å². The number of ether oxygens (including phenoxy) is 2. The number of aromatic hydroxyl groups is 2. The molecule has 0 radical (unpaired) electrons. The number of aliphatic hydroxyl groups is 2. The standard InChI is InChI=1S/C38H38O8/c1-4-5-6-7-8-28-19-34(27-11-16-31(42)17-12-27)36(46-38(44)25(3)23-40)21-33(28)29-13-18-32(26-9-14-30(41)15-10-26)35(20-29)45-37(43)24(2)22-39/h9-21,39-42H,2-8,22-23H2,1H3. The molecule has 0 bridgehead atoms. The first-order valence-corrected chi connectivity index (χ1v) is 15.1. The van der Waals surface area contributed by atoms with Crippen LogP contribution in [0.25, 0.3) is 33.4 Å². The van der Waals surface area contributed by atoms with Crippen molar-refractivity contribution in [1.82, 2.24) is 0 Å². The van der Waals surface area contributed by atoms with Crippen molar-refractivity contribution >= 4 is 11.9 Å². The summed E-state index contributed by atoms with van der Waals surface area (Å²) in [4.78, 5) is 25.6. The number of benzene rings is 4. The Morgan fingerprint density at radius 2 is 1.11 bits per heavy atom. The minimum atomic E-state index is -0.792. The molecule has 0 saturated carbocycles. The highest BCUT2D eigenvalue weighted by atomic mass is 16.5. The van der Waals surface area contributed by atoms with Gasteiger partial charge in [-0.3, -0.25) is 0 Å². The molecule has 4 aromatic rings. The summed E-state index contributed by atoms with van der Waals surface area (Å²) in [5.41, 5.74) is 4.69. The van der Waals surface area contributed by atoms with E-state index in [1.165, 1.54) is 12.1 Å². The number of unbranched alkanes of at least 4 members (excludes halogenated alkanes) is 3. The summed E-state index contributed by atoms with van der Waals surface area (Å²) < 4.78 is 11.5. The van der Waals surface area contributed by atoms with Gasteiger partial charge in [-0.1, -0.05) is 75.7 Å². The van der Waals surface area contributed by atoms with Crippen LogP contribution in [-0.2, 0) is 16.0 Å². The maximum Gasteiger partial charge on any atom is 0.341 e. The van der Waals surface area contributed by atoms with Gasteiger partial charge in [0.15, 0.2) is 0 Å². The van der Waals surface area contributed by atoms with E-state index in [0.717, 1.165) is 36.8 Å². The van der Waals surface area contributed by atoms with Crippen LogP contribution in [0.15, 0.2) is 103 Å². The Hall–Kier alpha value is -5.18. The molecule has 238 valence electrons. The number of carbonyl (C=O) groups excluding carboxylic acids is 2. The number of phenols is 2. The van der Waals surface area contributed by atoms with Crippen LogP contribution < -0.4 is 9.47 Å². The summed E-state index contributed by atoms with van der Waals surface area (Å²) in [6, 6.07) is 22.0. The average Bonchev–Trinajstić information content (AvgIpc) is 3.07. The number of rotatable bonds is 14. The van der Waals surface area contributed by atoms with Gasteiger partial charge >= 0.3 is 11.9 Å². The lowest BCUT2D eigenvalue weighted by molar-refractivity contribution is -0.131. The van der Waals surface area contributed by atoms with E-state index < -0.39 is 25.2 Å². The number of esters is 2. The second kappa shape index (κ2) is 15.7. The Balaban J connectivity index is 1.93. The molecule has 4 rings (SSSR count). The van der Waals surface area contributed by atoms with Gasteiger partial charge in [-0.05, 0) is 83.1 Å². The van der Waals surface area contributed by atoms with E-state index >= 15 is 0 Å². The van der Waals surface area contributed by atoms with Gasteiger partial charge in [0.25, 0.3) is 0 Å². The quantitative estimate of drug-likeness (QED) is 0.0505. The molecule has 0 aliphatic carbocycles. The van der Waals surface area contributed by atoms with Crippen molar-refractivity contribution in [3.05, 3.63) is 109 Å². The molecule has 0 unspecified atom stereocenters. The maximum atomic E-state index is 12.8. The zero-order valence-corrected chi connectivity index (χ0v) is 25.8. The van der Waals surface area contributed by atoms with E-state index in [-0.39, 0.29) is 34.1 Å². The van der Waals surface area contributed by atoms with Crippen molar-refractivity contribution < 1.29 is 39.5 Å². The number of hydrogen-bond acceptors (Lipinski definition) is 8.